The Morgan fingerprint density at radius 1 is 1.19 bits per heavy atom. The summed E-state index contributed by atoms with van der Waals surface area (Å²) < 4.78 is 28.3. The van der Waals surface area contributed by atoms with Crippen LogP contribution in [-0.4, -0.2) is 15.0 Å². The quantitative estimate of drug-likeness (QED) is 0.742. The van der Waals surface area contributed by atoms with E-state index in [-0.39, 0.29) is 5.75 Å². The van der Waals surface area contributed by atoms with E-state index in [1.165, 1.54) is 6.42 Å². The van der Waals surface area contributed by atoms with Crippen molar-refractivity contribution < 1.29 is 12.6 Å². The molecule has 0 aliphatic heterocycles. The van der Waals surface area contributed by atoms with Gasteiger partial charge in [-0.1, -0.05) is 36.8 Å². The second-order valence-electron chi connectivity index (χ2n) is 4.27. The normalized spacial score (nSPS) is 17.0. The van der Waals surface area contributed by atoms with Crippen LogP contribution in [0.3, 0.4) is 0 Å². The Balaban J connectivity index is 1.87. The standard InChI is InChI=1S/C12H16O3S/c13-16(14,15-9-11-7-4-8-11)10-12-5-2-1-3-6-12/h1-3,5-6,11H,4,7-10H2. The van der Waals surface area contributed by atoms with Crippen molar-refractivity contribution in [3.63, 3.8) is 0 Å². The average Bonchev–Trinajstić information content (AvgIpc) is 2.15. The fourth-order valence-electron chi connectivity index (χ4n) is 1.68. The summed E-state index contributed by atoms with van der Waals surface area (Å²) in [4.78, 5) is 0. The molecule has 0 spiro atoms. The SMILES string of the molecule is O=S(=O)(Cc1ccccc1)OCC1CCC1. The van der Waals surface area contributed by atoms with Gasteiger partial charge in [0, 0.05) is 0 Å². The molecule has 4 heteroatoms. The minimum atomic E-state index is -3.41. The maximum Gasteiger partial charge on any atom is 0.271 e. The zero-order valence-electron chi connectivity index (χ0n) is 9.13. The monoisotopic (exact) mass is 240 g/mol. The Morgan fingerprint density at radius 2 is 1.88 bits per heavy atom. The van der Waals surface area contributed by atoms with Crippen molar-refractivity contribution >= 4 is 10.1 Å². The Labute approximate surface area is 96.6 Å². The molecule has 0 N–H and O–H groups in total. The van der Waals surface area contributed by atoms with Gasteiger partial charge in [-0.15, -0.1) is 0 Å². The lowest BCUT2D eigenvalue weighted by molar-refractivity contribution is 0.185. The number of hydrogen-bond donors (Lipinski definition) is 0. The van der Waals surface area contributed by atoms with Gasteiger partial charge in [0.25, 0.3) is 10.1 Å². The van der Waals surface area contributed by atoms with Crippen LogP contribution in [0.25, 0.3) is 0 Å². The van der Waals surface area contributed by atoms with Gasteiger partial charge in [-0.05, 0) is 24.3 Å². The molecule has 0 atom stereocenters. The van der Waals surface area contributed by atoms with Crippen molar-refractivity contribution in [3.05, 3.63) is 35.9 Å². The van der Waals surface area contributed by atoms with Crippen molar-refractivity contribution in [2.24, 2.45) is 5.92 Å². The Hall–Kier alpha value is -0.870. The van der Waals surface area contributed by atoms with Crippen LogP contribution in [0.15, 0.2) is 30.3 Å². The van der Waals surface area contributed by atoms with Crippen molar-refractivity contribution in [2.45, 2.75) is 25.0 Å². The highest BCUT2D eigenvalue weighted by molar-refractivity contribution is 7.85. The second kappa shape index (κ2) is 4.97. The maximum atomic E-state index is 11.6. The van der Waals surface area contributed by atoms with Crippen LogP contribution in [0.5, 0.6) is 0 Å². The molecule has 1 aromatic carbocycles. The van der Waals surface area contributed by atoms with Crippen molar-refractivity contribution in [2.75, 3.05) is 6.61 Å². The van der Waals surface area contributed by atoms with Gasteiger partial charge >= 0.3 is 0 Å². The van der Waals surface area contributed by atoms with Crippen molar-refractivity contribution in [1.82, 2.24) is 0 Å². The zero-order valence-corrected chi connectivity index (χ0v) is 9.95. The number of rotatable bonds is 5. The van der Waals surface area contributed by atoms with Gasteiger partial charge in [-0.2, -0.15) is 8.42 Å². The molecule has 1 aliphatic rings. The Morgan fingerprint density at radius 3 is 2.44 bits per heavy atom. The topological polar surface area (TPSA) is 43.4 Å². The Kier molecular flexibility index (Phi) is 3.61. The van der Waals surface area contributed by atoms with E-state index in [4.69, 9.17) is 4.18 Å². The van der Waals surface area contributed by atoms with E-state index in [0.29, 0.717) is 12.5 Å². The molecule has 16 heavy (non-hydrogen) atoms. The zero-order chi connectivity index (χ0) is 11.4. The number of benzene rings is 1. The third-order valence-corrected chi connectivity index (χ3v) is 4.08. The molecule has 0 radical (unpaired) electrons. The molecular formula is C12H16O3S. The summed E-state index contributed by atoms with van der Waals surface area (Å²) in [5, 5.41) is 0. The van der Waals surface area contributed by atoms with Crippen LogP contribution in [0.4, 0.5) is 0 Å². The van der Waals surface area contributed by atoms with E-state index in [9.17, 15) is 8.42 Å². The summed E-state index contributed by atoms with van der Waals surface area (Å²) >= 11 is 0. The second-order valence-corrected chi connectivity index (χ2v) is 5.91. The van der Waals surface area contributed by atoms with Crippen molar-refractivity contribution in [1.29, 1.82) is 0 Å². The first-order chi connectivity index (χ1) is 7.66. The van der Waals surface area contributed by atoms with Crippen LogP contribution in [0.1, 0.15) is 24.8 Å². The number of hydrogen-bond acceptors (Lipinski definition) is 3. The molecule has 0 aromatic heterocycles. The highest BCUT2D eigenvalue weighted by atomic mass is 32.2. The van der Waals surface area contributed by atoms with E-state index in [2.05, 4.69) is 0 Å². The van der Waals surface area contributed by atoms with Crippen LogP contribution in [-0.2, 0) is 20.1 Å². The molecular weight excluding hydrogens is 224 g/mol. The first-order valence-corrected chi connectivity index (χ1v) is 7.14. The van der Waals surface area contributed by atoms with Gasteiger partial charge in [0.15, 0.2) is 0 Å². The van der Waals surface area contributed by atoms with Crippen LogP contribution in [0.2, 0.25) is 0 Å². The molecule has 3 nitrogen and oxygen atoms in total. The van der Waals surface area contributed by atoms with E-state index < -0.39 is 10.1 Å². The largest absolute Gasteiger partial charge is 0.271 e. The molecule has 0 unspecified atom stereocenters. The van der Waals surface area contributed by atoms with E-state index in [0.717, 1.165) is 18.4 Å². The van der Waals surface area contributed by atoms with E-state index in [1.807, 2.05) is 18.2 Å². The molecule has 1 aliphatic carbocycles. The third-order valence-electron chi connectivity index (χ3n) is 2.89. The van der Waals surface area contributed by atoms with Crippen LogP contribution >= 0.6 is 0 Å². The van der Waals surface area contributed by atoms with Gasteiger partial charge in [0.2, 0.25) is 0 Å². The van der Waals surface area contributed by atoms with Gasteiger partial charge in [-0.25, -0.2) is 0 Å². The molecule has 0 heterocycles. The fraction of sp³-hybridized carbons (Fsp3) is 0.500. The smallest absolute Gasteiger partial charge is 0.270 e. The average molecular weight is 240 g/mol. The summed E-state index contributed by atoms with van der Waals surface area (Å²) in [6.07, 6.45) is 3.40. The lowest BCUT2D eigenvalue weighted by Crippen LogP contribution is -2.21. The first-order valence-electron chi connectivity index (χ1n) is 5.57. The summed E-state index contributed by atoms with van der Waals surface area (Å²) in [7, 11) is -3.41. The summed E-state index contributed by atoms with van der Waals surface area (Å²) in [6, 6.07) is 9.12. The molecule has 0 amide bonds. The van der Waals surface area contributed by atoms with Gasteiger partial charge < -0.3 is 0 Å². The molecule has 1 aromatic rings. The minimum Gasteiger partial charge on any atom is -0.270 e. The summed E-state index contributed by atoms with van der Waals surface area (Å²) in [5.74, 6) is 0.422. The molecule has 1 fully saturated rings. The van der Waals surface area contributed by atoms with Gasteiger partial charge in [0.05, 0.1) is 6.61 Å². The van der Waals surface area contributed by atoms with Gasteiger partial charge in [0.1, 0.15) is 5.75 Å². The fourth-order valence-corrected chi connectivity index (χ4v) is 2.76. The molecule has 1 saturated carbocycles. The molecule has 0 saturated heterocycles. The lowest BCUT2D eigenvalue weighted by atomic mass is 9.86. The predicted octanol–water partition coefficient (Wildman–Crippen LogP) is 2.33. The summed E-state index contributed by atoms with van der Waals surface area (Å²) in [5.41, 5.74) is 0.774. The van der Waals surface area contributed by atoms with Crippen molar-refractivity contribution in [3.8, 4) is 0 Å². The highest BCUT2D eigenvalue weighted by Crippen LogP contribution is 2.27. The minimum absolute atomic E-state index is 0.0272. The predicted molar refractivity (Wildman–Crippen MR) is 62.4 cm³/mol. The lowest BCUT2D eigenvalue weighted by Gasteiger charge is -2.24. The molecule has 88 valence electrons. The summed E-state index contributed by atoms with van der Waals surface area (Å²) in [6.45, 7) is 0.356. The van der Waals surface area contributed by atoms with Gasteiger partial charge in [-0.3, -0.25) is 4.18 Å². The Bertz CT molecular complexity index is 421. The molecule has 0 bridgehead atoms. The molecule has 2 rings (SSSR count). The third kappa shape index (κ3) is 3.32. The highest BCUT2D eigenvalue weighted by Gasteiger charge is 2.21. The van der Waals surface area contributed by atoms with Crippen LogP contribution in [0, 0.1) is 5.92 Å². The van der Waals surface area contributed by atoms with Crippen LogP contribution < -0.4 is 0 Å². The first kappa shape index (κ1) is 11.6. The van der Waals surface area contributed by atoms with E-state index in [1.54, 1.807) is 12.1 Å². The maximum absolute atomic E-state index is 11.6. The van der Waals surface area contributed by atoms with E-state index >= 15 is 0 Å².